The number of aromatic nitrogens is 1. The van der Waals surface area contributed by atoms with E-state index in [-0.39, 0.29) is 6.10 Å². The van der Waals surface area contributed by atoms with Crippen molar-refractivity contribution in [3.05, 3.63) is 24.1 Å². The first-order valence-corrected chi connectivity index (χ1v) is 4.95. The highest BCUT2D eigenvalue weighted by Gasteiger charge is 2.16. The Morgan fingerprint density at radius 2 is 2.25 bits per heavy atom. The summed E-state index contributed by atoms with van der Waals surface area (Å²) in [6.07, 6.45) is -0.307. The van der Waals surface area contributed by atoms with Gasteiger partial charge < -0.3 is 19.6 Å². The number of oxazole rings is 1. The maximum Gasteiger partial charge on any atom is 0.225 e. The van der Waals surface area contributed by atoms with Crippen LogP contribution in [0.5, 0.6) is 5.75 Å². The SMILES string of the molecule is COc1ccc2oc(C(CN)OC)nc2c1. The predicted molar refractivity (Wildman–Crippen MR) is 59.4 cm³/mol. The molecule has 5 nitrogen and oxygen atoms in total. The Balaban J connectivity index is 2.43. The molecule has 16 heavy (non-hydrogen) atoms. The molecule has 86 valence electrons. The molecular weight excluding hydrogens is 208 g/mol. The van der Waals surface area contributed by atoms with Crippen LogP contribution in [0.15, 0.2) is 22.6 Å². The van der Waals surface area contributed by atoms with E-state index in [1.54, 1.807) is 14.2 Å². The van der Waals surface area contributed by atoms with Gasteiger partial charge in [0.05, 0.1) is 7.11 Å². The second-order valence-corrected chi connectivity index (χ2v) is 3.35. The smallest absolute Gasteiger partial charge is 0.225 e. The van der Waals surface area contributed by atoms with Crippen LogP contribution >= 0.6 is 0 Å². The Labute approximate surface area is 93.2 Å². The molecule has 1 aromatic heterocycles. The van der Waals surface area contributed by atoms with Crippen LogP contribution in [0.3, 0.4) is 0 Å². The lowest BCUT2D eigenvalue weighted by Gasteiger charge is -2.06. The summed E-state index contributed by atoms with van der Waals surface area (Å²) < 4.78 is 15.8. The third-order valence-corrected chi connectivity index (χ3v) is 2.39. The zero-order chi connectivity index (χ0) is 11.5. The standard InChI is InChI=1S/C11H14N2O3/c1-14-7-3-4-9-8(5-7)13-11(16-9)10(6-12)15-2/h3-5,10H,6,12H2,1-2H3. The first kappa shape index (κ1) is 10.9. The maximum absolute atomic E-state index is 5.54. The minimum atomic E-state index is -0.307. The van der Waals surface area contributed by atoms with Crippen molar-refractivity contribution in [3.8, 4) is 5.75 Å². The van der Waals surface area contributed by atoms with Crippen LogP contribution in [0, 0.1) is 0 Å². The first-order valence-electron chi connectivity index (χ1n) is 4.95. The number of hydrogen-bond donors (Lipinski definition) is 1. The van der Waals surface area contributed by atoms with E-state index in [2.05, 4.69) is 4.98 Å². The molecule has 0 saturated heterocycles. The normalized spacial score (nSPS) is 12.9. The van der Waals surface area contributed by atoms with Crippen LogP contribution in [0.25, 0.3) is 11.1 Å². The number of hydrogen-bond acceptors (Lipinski definition) is 5. The highest BCUT2D eigenvalue weighted by Crippen LogP contribution is 2.24. The lowest BCUT2D eigenvalue weighted by Crippen LogP contribution is -2.14. The summed E-state index contributed by atoms with van der Waals surface area (Å²) in [6, 6.07) is 5.45. The van der Waals surface area contributed by atoms with Crippen molar-refractivity contribution in [1.29, 1.82) is 0 Å². The van der Waals surface area contributed by atoms with Crippen molar-refractivity contribution in [2.45, 2.75) is 6.10 Å². The van der Waals surface area contributed by atoms with Crippen molar-refractivity contribution in [3.63, 3.8) is 0 Å². The highest BCUT2D eigenvalue weighted by atomic mass is 16.5. The lowest BCUT2D eigenvalue weighted by molar-refractivity contribution is 0.0878. The molecule has 0 aliphatic heterocycles. The van der Waals surface area contributed by atoms with E-state index < -0.39 is 0 Å². The quantitative estimate of drug-likeness (QED) is 0.848. The van der Waals surface area contributed by atoms with Gasteiger partial charge in [-0.2, -0.15) is 0 Å². The number of nitrogens with zero attached hydrogens (tertiary/aromatic N) is 1. The maximum atomic E-state index is 5.54. The fraction of sp³-hybridized carbons (Fsp3) is 0.364. The van der Waals surface area contributed by atoms with Gasteiger partial charge in [0.15, 0.2) is 5.58 Å². The monoisotopic (exact) mass is 222 g/mol. The average Bonchev–Trinajstić information content (AvgIpc) is 2.72. The summed E-state index contributed by atoms with van der Waals surface area (Å²) in [5.74, 6) is 1.24. The number of nitrogens with two attached hydrogens (primary N) is 1. The van der Waals surface area contributed by atoms with Gasteiger partial charge in [-0.1, -0.05) is 0 Å². The van der Waals surface area contributed by atoms with E-state index in [0.717, 1.165) is 11.3 Å². The molecule has 0 aliphatic rings. The number of benzene rings is 1. The van der Waals surface area contributed by atoms with Crippen molar-refractivity contribution >= 4 is 11.1 Å². The lowest BCUT2D eigenvalue weighted by atomic mass is 10.3. The topological polar surface area (TPSA) is 70.5 Å². The molecule has 0 spiro atoms. The van der Waals surface area contributed by atoms with Gasteiger partial charge in [-0.15, -0.1) is 0 Å². The molecule has 0 amide bonds. The van der Waals surface area contributed by atoms with Gasteiger partial charge in [0.25, 0.3) is 0 Å². The molecular formula is C11H14N2O3. The molecule has 0 aliphatic carbocycles. The van der Waals surface area contributed by atoms with E-state index in [9.17, 15) is 0 Å². The number of methoxy groups -OCH3 is 2. The Morgan fingerprint density at radius 1 is 1.44 bits per heavy atom. The molecule has 1 heterocycles. The van der Waals surface area contributed by atoms with Crippen molar-refractivity contribution < 1.29 is 13.9 Å². The highest BCUT2D eigenvalue weighted by molar-refractivity contribution is 5.74. The fourth-order valence-electron chi connectivity index (χ4n) is 1.49. The average molecular weight is 222 g/mol. The van der Waals surface area contributed by atoms with Gasteiger partial charge in [-0.25, -0.2) is 4.98 Å². The third-order valence-electron chi connectivity index (χ3n) is 2.39. The predicted octanol–water partition coefficient (Wildman–Crippen LogP) is 1.48. The zero-order valence-corrected chi connectivity index (χ0v) is 9.27. The summed E-state index contributed by atoms with van der Waals surface area (Å²) >= 11 is 0. The van der Waals surface area contributed by atoms with Gasteiger partial charge in [-0.3, -0.25) is 0 Å². The first-order chi connectivity index (χ1) is 7.78. The van der Waals surface area contributed by atoms with E-state index in [1.807, 2.05) is 18.2 Å². The van der Waals surface area contributed by atoms with Crippen LogP contribution in [0.2, 0.25) is 0 Å². The second kappa shape index (κ2) is 4.51. The molecule has 1 unspecified atom stereocenters. The molecule has 0 radical (unpaired) electrons. The van der Waals surface area contributed by atoms with Gasteiger partial charge in [0, 0.05) is 19.7 Å². The minimum absolute atomic E-state index is 0.307. The number of fused-ring (bicyclic) bond motifs is 1. The van der Waals surface area contributed by atoms with E-state index >= 15 is 0 Å². The molecule has 0 saturated carbocycles. The van der Waals surface area contributed by atoms with Gasteiger partial charge in [0.2, 0.25) is 5.89 Å². The Bertz CT molecular complexity index is 477. The zero-order valence-electron chi connectivity index (χ0n) is 9.27. The summed E-state index contributed by atoms with van der Waals surface area (Å²) in [5.41, 5.74) is 6.98. The Morgan fingerprint density at radius 3 is 2.88 bits per heavy atom. The second-order valence-electron chi connectivity index (χ2n) is 3.35. The molecule has 5 heteroatoms. The van der Waals surface area contributed by atoms with Crippen LogP contribution < -0.4 is 10.5 Å². The fourth-order valence-corrected chi connectivity index (χ4v) is 1.49. The van der Waals surface area contributed by atoms with Crippen LogP contribution in [0.1, 0.15) is 12.0 Å². The molecule has 1 aromatic carbocycles. The van der Waals surface area contributed by atoms with Gasteiger partial charge in [-0.05, 0) is 12.1 Å². The van der Waals surface area contributed by atoms with Crippen LogP contribution in [-0.2, 0) is 4.74 Å². The number of rotatable bonds is 4. The molecule has 1 atom stereocenters. The van der Waals surface area contributed by atoms with Crippen molar-refractivity contribution in [2.24, 2.45) is 5.73 Å². The van der Waals surface area contributed by atoms with E-state index in [1.165, 1.54) is 0 Å². The summed E-state index contributed by atoms with van der Waals surface area (Å²) in [6.45, 7) is 0.334. The minimum Gasteiger partial charge on any atom is -0.497 e. The summed E-state index contributed by atoms with van der Waals surface area (Å²) in [4.78, 5) is 4.31. The molecule has 0 fully saturated rings. The molecule has 2 aromatic rings. The molecule has 0 bridgehead atoms. The number of ether oxygens (including phenoxy) is 2. The van der Waals surface area contributed by atoms with Crippen molar-refractivity contribution in [1.82, 2.24) is 4.98 Å². The largest absolute Gasteiger partial charge is 0.497 e. The van der Waals surface area contributed by atoms with E-state index in [4.69, 9.17) is 19.6 Å². The van der Waals surface area contributed by atoms with Crippen LogP contribution in [-0.4, -0.2) is 25.7 Å². The van der Waals surface area contributed by atoms with Crippen molar-refractivity contribution in [2.75, 3.05) is 20.8 Å². The Hall–Kier alpha value is -1.59. The summed E-state index contributed by atoms with van der Waals surface area (Å²) in [7, 11) is 3.19. The van der Waals surface area contributed by atoms with Gasteiger partial charge in [0.1, 0.15) is 17.4 Å². The molecule has 2 rings (SSSR count). The third kappa shape index (κ3) is 1.87. The van der Waals surface area contributed by atoms with Crippen LogP contribution in [0.4, 0.5) is 0 Å². The van der Waals surface area contributed by atoms with Gasteiger partial charge >= 0.3 is 0 Å². The summed E-state index contributed by atoms with van der Waals surface area (Å²) in [5, 5.41) is 0. The van der Waals surface area contributed by atoms with E-state index in [0.29, 0.717) is 18.0 Å². The Kier molecular flexibility index (Phi) is 3.07. The molecule has 2 N–H and O–H groups in total.